The van der Waals surface area contributed by atoms with Crippen LogP contribution in [0.3, 0.4) is 0 Å². The van der Waals surface area contributed by atoms with Gasteiger partial charge in [0, 0.05) is 1.43 Å². The van der Waals surface area contributed by atoms with Gasteiger partial charge in [0.25, 0.3) is 0 Å². The minimum atomic E-state index is 0. The second-order valence-corrected chi connectivity index (χ2v) is 4.54. The average molecular weight is 157 g/mol. The summed E-state index contributed by atoms with van der Waals surface area (Å²) in [6.07, 6.45) is 4.06. The number of rotatable bonds is 3. The number of hydrogen-bond acceptors (Lipinski definition) is 1. The van der Waals surface area contributed by atoms with E-state index >= 15 is 0 Å². The molecule has 0 spiro atoms. The first-order valence-electron chi connectivity index (χ1n) is 4.82. The molecule has 0 heterocycles. The van der Waals surface area contributed by atoms with Gasteiger partial charge in [0.1, 0.15) is 0 Å². The predicted octanol–water partition coefficient (Wildman–Crippen LogP) is 2.65. The van der Waals surface area contributed by atoms with E-state index < -0.39 is 0 Å². The first-order chi connectivity index (χ1) is 5.11. The molecule has 0 saturated heterocycles. The summed E-state index contributed by atoms with van der Waals surface area (Å²) in [5.41, 5.74) is 6.30. The van der Waals surface area contributed by atoms with Gasteiger partial charge in [-0.2, -0.15) is 0 Å². The Labute approximate surface area is 71.8 Å². The predicted molar refractivity (Wildman–Crippen MR) is 51.5 cm³/mol. The Balaban J connectivity index is 0.00000121. The zero-order chi connectivity index (χ0) is 8.48. The minimum absolute atomic E-state index is 0. The van der Waals surface area contributed by atoms with Crippen LogP contribution >= 0.6 is 0 Å². The molecule has 0 amide bonds. The summed E-state index contributed by atoms with van der Waals surface area (Å²) in [6.45, 7) is 7.88. The van der Waals surface area contributed by atoms with E-state index in [2.05, 4.69) is 20.8 Å². The lowest BCUT2D eigenvalue weighted by molar-refractivity contribution is 0.0213. The van der Waals surface area contributed by atoms with Crippen molar-refractivity contribution < 1.29 is 1.43 Å². The summed E-state index contributed by atoms with van der Waals surface area (Å²) in [6, 6.07) is 0. The Hall–Kier alpha value is -0.0400. The zero-order valence-electron chi connectivity index (χ0n) is 8.06. The molecule has 0 aromatic carbocycles. The van der Waals surface area contributed by atoms with Crippen LogP contribution in [-0.4, -0.2) is 6.54 Å². The third-order valence-electron chi connectivity index (χ3n) is 3.50. The van der Waals surface area contributed by atoms with Crippen LogP contribution in [0.1, 0.15) is 41.5 Å². The van der Waals surface area contributed by atoms with Crippen molar-refractivity contribution in [1.29, 1.82) is 0 Å². The van der Waals surface area contributed by atoms with Crippen molar-refractivity contribution in [3.8, 4) is 0 Å². The highest BCUT2D eigenvalue weighted by Gasteiger charge is 2.41. The van der Waals surface area contributed by atoms with E-state index in [9.17, 15) is 0 Å². The molecular formula is C10H23N. The van der Waals surface area contributed by atoms with E-state index in [-0.39, 0.29) is 1.43 Å². The SMILES string of the molecule is CC[C@@H](CN)C1CCC1(C)C.[HH]. The molecule has 2 atom stereocenters. The molecule has 1 saturated carbocycles. The van der Waals surface area contributed by atoms with Crippen molar-refractivity contribution in [2.24, 2.45) is 23.0 Å². The highest BCUT2D eigenvalue weighted by Crippen LogP contribution is 2.50. The van der Waals surface area contributed by atoms with Gasteiger partial charge >= 0.3 is 0 Å². The van der Waals surface area contributed by atoms with Crippen molar-refractivity contribution in [1.82, 2.24) is 0 Å². The van der Waals surface area contributed by atoms with Crippen molar-refractivity contribution in [2.75, 3.05) is 6.54 Å². The van der Waals surface area contributed by atoms with Gasteiger partial charge in [-0.05, 0) is 36.6 Å². The van der Waals surface area contributed by atoms with Gasteiger partial charge in [-0.1, -0.05) is 27.2 Å². The normalized spacial score (nSPS) is 31.1. The summed E-state index contributed by atoms with van der Waals surface area (Å²) in [5, 5.41) is 0. The smallest absolute Gasteiger partial charge is 0 e. The van der Waals surface area contributed by atoms with Crippen LogP contribution in [0.25, 0.3) is 0 Å². The third kappa shape index (κ3) is 1.58. The van der Waals surface area contributed by atoms with Gasteiger partial charge in [0.15, 0.2) is 0 Å². The van der Waals surface area contributed by atoms with Crippen LogP contribution in [0.2, 0.25) is 0 Å². The minimum Gasteiger partial charge on any atom is -0.330 e. The van der Waals surface area contributed by atoms with Gasteiger partial charge in [-0.25, -0.2) is 0 Å². The quantitative estimate of drug-likeness (QED) is 0.669. The summed E-state index contributed by atoms with van der Waals surface area (Å²) < 4.78 is 0. The van der Waals surface area contributed by atoms with Gasteiger partial charge in [-0.15, -0.1) is 0 Å². The molecule has 2 N–H and O–H groups in total. The molecule has 0 radical (unpaired) electrons. The van der Waals surface area contributed by atoms with Crippen molar-refractivity contribution in [2.45, 2.75) is 40.0 Å². The van der Waals surface area contributed by atoms with Crippen LogP contribution < -0.4 is 5.73 Å². The summed E-state index contributed by atoms with van der Waals surface area (Å²) in [5.74, 6) is 1.68. The maximum Gasteiger partial charge on any atom is 0 e. The number of nitrogens with two attached hydrogens (primary N) is 1. The van der Waals surface area contributed by atoms with E-state index in [1.165, 1.54) is 19.3 Å². The second kappa shape index (κ2) is 3.14. The monoisotopic (exact) mass is 157 g/mol. The highest BCUT2D eigenvalue weighted by molar-refractivity contribution is 4.92. The van der Waals surface area contributed by atoms with E-state index in [4.69, 9.17) is 5.73 Å². The third-order valence-corrected chi connectivity index (χ3v) is 3.50. The topological polar surface area (TPSA) is 26.0 Å². The molecule has 1 fully saturated rings. The van der Waals surface area contributed by atoms with Crippen LogP contribution in [0.5, 0.6) is 0 Å². The van der Waals surface area contributed by atoms with Crippen molar-refractivity contribution in [3.63, 3.8) is 0 Å². The van der Waals surface area contributed by atoms with Crippen LogP contribution in [0.15, 0.2) is 0 Å². The van der Waals surface area contributed by atoms with Crippen molar-refractivity contribution in [3.05, 3.63) is 0 Å². The Morgan fingerprint density at radius 3 is 2.36 bits per heavy atom. The fourth-order valence-electron chi connectivity index (χ4n) is 2.38. The Kier molecular flexibility index (Phi) is 2.58. The fraction of sp³-hybridized carbons (Fsp3) is 1.00. The van der Waals surface area contributed by atoms with Crippen LogP contribution in [0, 0.1) is 17.3 Å². The van der Waals surface area contributed by atoms with Crippen LogP contribution in [-0.2, 0) is 0 Å². The van der Waals surface area contributed by atoms with E-state index in [0.29, 0.717) is 5.41 Å². The van der Waals surface area contributed by atoms with Gasteiger partial charge in [0.05, 0.1) is 0 Å². The van der Waals surface area contributed by atoms with Gasteiger partial charge < -0.3 is 5.73 Å². The molecule has 0 aromatic heterocycles. The second-order valence-electron chi connectivity index (χ2n) is 4.54. The van der Waals surface area contributed by atoms with E-state index in [0.717, 1.165) is 18.4 Å². The molecule has 1 unspecified atom stereocenters. The molecule has 1 aliphatic carbocycles. The lowest BCUT2D eigenvalue weighted by Crippen LogP contribution is -2.42. The van der Waals surface area contributed by atoms with Crippen molar-refractivity contribution >= 4 is 0 Å². The molecular weight excluding hydrogens is 134 g/mol. The Bertz CT molecular complexity index is 130. The molecule has 68 valence electrons. The maximum absolute atomic E-state index is 5.71. The van der Waals surface area contributed by atoms with E-state index in [1.807, 2.05) is 0 Å². The lowest BCUT2D eigenvalue weighted by Gasteiger charge is -2.48. The molecule has 1 aliphatic rings. The zero-order valence-corrected chi connectivity index (χ0v) is 8.06. The Morgan fingerprint density at radius 2 is 2.27 bits per heavy atom. The Morgan fingerprint density at radius 1 is 1.64 bits per heavy atom. The first-order valence-corrected chi connectivity index (χ1v) is 4.82. The lowest BCUT2D eigenvalue weighted by atomic mass is 9.57. The first kappa shape index (κ1) is 9.05. The summed E-state index contributed by atoms with van der Waals surface area (Å²) in [4.78, 5) is 0. The summed E-state index contributed by atoms with van der Waals surface area (Å²) >= 11 is 0. The average Bonchev–Trinajstić information content (AvgIpc) is 1.98. The molecule has 0 aliphatic heterocycles. The molecule has 0 bridgehead atoms. The van der Waals surface area contributed by atoms with Gasteiger partial charge in [0.2, 0.25) is 0 Å². The molecule has 1 rings (SSSR count). The fourth-order valence-corrected chi connectivity index (χ4v) is 2.38. The largest absolute Gasteiger partial charge is 0.330 e. The molecule has 11 heavy (non-hydrogen) atoms. The standard InChI is InChI=1S/C10H21N.H2/c1-4-8(7-11)9-5-6-10(9,2)3;/h8-9H,4-7,11H2,1-3H3;1H/t8-,9?;/m0./s1. The molecule has 1 nitrogen and oxygen atoms in total. The highest BCUT2D eigenvalue weighted by atomic mass is 14.6. The molecule has 0 aromatic rings. The van der Waals surface area contributed by atoms with Gasteiger partial charge in [-0.3, -0.25) is 0 Å². The number of hydrogen-bond donors (Lipinski definition) is 1. The van der Waals surface area contributed by atoms with Crippen LogP contribution in [0.4, 0.5) is 0 Å². The van der Waals surface area contributed by atoms with E-state index in [1.54, 1.807) is 0 Å². The summed E-state index contributed by atoms with van der Waals surface area (Å²) in [7, 11) is 0. The molecule has 1 heteroatoms. The maximum atomic E-state index is 5.71.